The fourth-order valence-corrected chi connectivity index (χ4v) is 3.93. The number of hydrogen-bond acceptors (Lipinski definition) is 1. The molecule has 1 heteroatoms. The molecule has 0 amide bonds. The van der Waals surface area contributed by atoms with E-state index < -0.39 is 0 Å². The van der Waals surface area contributed by atoms with Crippen LogP contribution < -0.4 is 5.32 Å². The molecule has 0 radical (unpaired) electrons. The second kappa shape index (κ2) is 5.53. The summed E-state index contributed by atoms with van der Waals surface area (Å²) in [5.74, 6) is 4.86. The van der Waals surface area contributed by atoms with Crippen LogP contribution in [0.2, 0.25) is 0 Å². The van der Waals surface area contributed by atoms with Gasteiger partial charge in [0.25, 0.3) is 0 Å². The molecule has 16 heavy (non-hydrogen) atoms. The predicted octanol–water partition coefficient (Wildman–Crippen LogP) is 3.69. The highest BCUT2D eigenvalue weighted by Gasteiger charge is 2.34. The lowest BCUT2D eigenvalue weighted by Crippen LogP contribution is -2.43. The Morgan fingerprint density at radius 3 is 2.31 bits per heavy atom. The Morgan fingerprint density at radius 1 is 1.00 bits per heavy atom. The van der Waals surface area contributed by atoms with Crippen LogP contribution in [-0.2, 0) is 0 Å². The lowest BCUT2D eigenvalue weighted by atomic mass is 9.67. The van der Waals surface area contributed by atoms with Crippen LogP contribution in [0.1, 0.15) is 52.9 Å². The van der Waals surface area contributed by atoms with Crippen LogP contribution in [0.25, 0.3) is 0 Å². The first-order valence-corrected chi connectivity index (χ1v) is 7.39. The summed E-state index contributed by atoms with van der Waals surface area (Å²) in [5, 5.41) is 3.59. The molecular weight excluding hydrogens is 194 g/mol. The van der Waals surface area contributed by atoms with E-state index in [1.807, 2.05) is 0 Å². The summed E-state index contributed by atoms with van der Waals surface area (Å²) in [4.78, 5) is 0. The minimum absolute atomic E-state index is 0.858. The van der Waals surface area contributed by atoms with Crippen molar-refractivity contribution in [2.24, 2.45) is 29.6 Å². The van der Waals surface area contributed by atoms with Crippen LogP contribution in [0.3, 0.4) is 0 Å². The van der Waals surface area contributed by atoms with Gasteiger partial charge in [0.15, 0.2) is 0 Å². The number of nitrogens with one attached hydrogen (secondary N) is 1. The van der Waals surface area contributed by atoms with E-state index in [0.29, 0.717) is 0 Å². The molecule has 94 valence electrons. The third-order valence-corrected chi connectivity index (χ3v) is 5.11. The first-order chi connectivity index (χ1) is 7.68. The molecule has 0 aromatic heterocycles. The Balaban J connectivity index is 1.94. The summed E-state index contributed by atoms with van der Waals surface area (Å²) in [7, 11) is 0. The van der Waals surface area contributed by atoms with Crippen molar-refractivity contribution in [3.05, 3.63) is 0 Å². The van der Waals surface area contributed by atoms with Gasteiger partial charge in [0.2, 0.25) is 0 Å². The molecule has 0 bridgehead atoms. The zero-order valence-corrected chi connectivity index (χ0v) is 11.3. The summed E-state index contributed by atoms with van der Waals surface area (Å²) in [6, 6.07) is 0. The largest absolute Gasteiger partial charge is 0.316 e. The molecule has 2 fully saturated rings. The molecule has 2 aliphatic rings. The first-order valence-electron chi connectivity index (χ1n) is 7.39. The highest BCUT2D eigenvalue weighted by atomic mass is 14.9. The first kappa shape index (κ1) is 12.4. The van der Waals surface area contributed by atoms with Crippen molar-refractivity contribution in [3.8, 4) is 0 Å². The van der Waals surface area contributed by atoms with Gasteiger partial charge >= 0.3 is 0 Å². The summed E-state index contributed by atoms with van der Waals surface area (Å²) >= 11 is 0. The van der Waals surface area contributed by atoms with Gasteiger partial charge in [-0.3, -0.25) is 0 Å². The Kier molecular flexibility index (Phi) is 4.29. The molecule has 1 N–H and O–H groups in total. The van der Waals surface area contributed by atoms with E-state index in [-0.39, 0.29) is 0 Å². The second-order valence-electron chi connectivity index (χ2n) is 6.58. The summed E-state index contributed by atoms with van der Waals surface area (Å²) in [5.41, 5.74) is 0. The van der Waals surface area contributed by atoms with Crippen molar-refractivity contribution in [3.63, 3.8) is 0 Å². The van der Waals surface area contributed by atoms with Gasteiger partial charge in [-0.1, -0.05) is 33.6 Å². The molecule has 2 atom stereocenters. The second-order valence-corrected chi connectivity index (χ2v) is 6.58. The van der Waals surface area contributed by atoms with Crippen molar-refractivity contribution >= 4 is 0 Å². The summed E-state index contributed by atoms with van der Waals surface area (Å²) in [6.07, 6.45) is 7.42. The smallest absolute Gasteiger partial charge is 0.00153 e. The van der Waals surface area contributed by atoms with E-state index in [4.69, 9.17) is 0 Å². The van der Waals surface area contributed by atoms with E-state index in [1.54, 1.807) is 0 Å². The van der Waals surface area contributed by atoms with Gasteiger partial charge in [0.05, 0.1) is 0 Å². The Hall–Kier alpha value is -0.0400. The van der Waals surface area contributed by atoms with E-state index in [2.05, 4.69) is 26.1 Å². The Bertz CT molecular complexity index is 203. The van der Waals surface area contributed by atoms with Gasteiger partial charge in [-0.25, -0.2) is 0 Å². The lowest BCUT2D eigenvalue weighted by Gasteiger charge is -2.42. The molecule has 1 aliphatic heterocycles. The average molecular weight is 223 g/mol. The van der Waals surface area contributed by atoms with Gasteiger partial charge in [-0.2, -0.15) is 0 Å². The van der Waals surface area contributed by atoms with Crippen LogP contribution in [0.4, 0.5) is 0 Å². The molecule has 0 spiro atoms. The van der Waals surface area contributed by atoms with Gasteiger partial charge in [0.1, 0.15) is 0 Å². The van der Waals surface area contributed by atoms with Crippen LogP contribution in [0.5, 0.6) is 0 Å². The normalized spacial score (nSPS) is 41.2. The van der Waals surface area contributed by atoms with Gasteiger partial charge in [0, 0.05) is 0 Å². The van der Waals surface area contributed by atoms with Gasteiger partial charge < -0.3 is 5.32 Å². The fraction of sp³-hybridized carbons (Fsp3) is 1.00. The van der Waals surface area contributed by atoms with Crippen LogP contribution in [-0.4, -0.2) is 13.1 Å². The SMILES string of the molecule is CC1CCC(C2CCNCC2C(C)C)CC1. The van der Waals surface area contributed by atoms with Gasteiger partial charge in [-0.05, 0) is 61.9 Å². The topological polar surface area (TPSA) is 12.0 Å². The van der Waals surface area contributed by atoms with Crippen LogP contribution in [0.15, 0.2) is 0 Å². The van der Waals surface area contributed by atoms with Crippen molar-refractivity contribution in [2.45, 2.75) is 52.9 Å². The van der Waals surface area contributed by atoms with Crippen LogP contribution in [0, 0.1) is 29.6 Å². The maximum atomic E-state index is 3.59. The maximum absolute atomic E-state index is 3.59. The van der Waals surface area contributed by atoms with Crippen molar-refractivity contribution in [1.29, 1.82) is 0 Å². The van der Waals surface area contributed by atoms with Crippen molar-refractivity contribution in [1.82, 2.24) is 5.32 Å². The van der Waals surface area contributed by atoms with E-state index in [1.165, 1.54) is 45.2 Å². The average Bonchev–Trinajstić information content (AvgIpc) is 2.30. The Labute approximate surface area is 101 Å². The fourth-order valence-electron chi connectivity index (χ4n) is 3.93. The Morgan fingerprint density at radius 2 is 1.69 bits per heavy atom. The van der Waals surface area contributed by atoms with E-state index in [9.17, 15) is 0 Å². The number of hydrogen-bond donors (Lipinski definition) is 1. The molecule has 2 unspecified atom stereocenters. The highest BCUT2D eigenvalue weighted by Crippen LogP contribution is 2.40. The lowest BCUT2D eigenvalue weighted by molar-refractivity contribution is 0.0976. The number of piperidine rings is 1. The molecule has 1 aliphatic carbocycles. The molecule has 1 saturated carbocycles. The van der Waals surface area contributed by atoms with Crippen molar-refractivity contribution in [2.75, 3.05) is 13.1 Å². The minimum atomic E-state index is 0.858. The zero-order chi connectivity index (χ0) is 11.5. The molecule has 0 aromatic rings. The summed E-state index contributed by atoms with van der Waals surface area (Å²) < 4.78 is 0. The monoisotopic (exact) mass is 223 g/mol. The number of rotatable bonds is 2. The third kappa shape index (κ3) is 2.80. The molecule has 1 heterocycles. The molecule has 1 saturated heterocycles. The third-order valence-electron chi connectivity index (χ3n) is 5.11. The van der Waals surface area contributed by atoms with Gasteiger partial charge in [-0.15, -0.1) is 0 Å². The van der Waals surface area contributed by atoms with Crippen LogP contribution >= 0.6 is 0 Å². The van der Waals surface area contributed by atoms with Crippen molar-refractivity contribution < 1.29 is 0 Å². The molecule has 1 nitrogen and oxygen atoms in total. The highest BCUT2D eigenvalue weighted by molar-refractivity contribution is 4.86. The van der Waals surface area contributed by atoms with E-state index in [0.717, 1.165) is 29.6 Å². The zero-order valence-electron chi connectivity index (χ0n) is 11.3. The quantitative estimate of drug-likeness (QED) is 0.753. The molecular formula is C15H29N. The van der Waals surface area contributed by atoms with E-state index >= 15 is 0 Å². The summed E-state index contributed by atoms with van der Waals surface area (Å²) in [6.45, 7) is 9.79. The minimum Gasteiger partial charge on any atom is -0.316 e. The molecule has 2 rings (SSSR count). The molecule has 0 aromatic carbocycles. The maximum Gasteiger partial charge on any atom is -0.00153 e. The standard InChI is InChI=1S/C15H29N/c1-11(2)15-10-16-9-8-14(15)13-6-4-12(3)5-7-13/h11-16H,4-10H2,1-3H3. The predicted molar refractivity (Wildman–Crippen MR) is 70.4 cm³/mol.